The van der Waals surface area contributed by atoms with Gasteiger partial charge < -0.3 is 5.11 Å². The summed E-state index contributed by atoms with van der Waals surface area (Å²) in [5.41, 5.74) is -0.554. The second-order valence-electron chi connectivity index (χ2n) is 7.14. The summed E-state index contributed by atoms with van der Waals surface area (Å²) < 4.78 is 57.4. The van der Waals surface area contributed by atoms with Crippen LogP contribution in [0.15, 0.2) is 105 Å². The first-order valence-corrected chi connectivity index (χ1v) is 12.6. The summed E-state index contributed by atoms with van der Waals surface area (Å²) in [6.07, 6.45) is 1.05. The molecule has 0 heterocycles. The third-order valence-corrected chi connectivity index (χ3v) is 7.54. The SMILES string of the molecule is O=C(O)c1cccc(S(=O)(=O)N=C2C=C(NS(=O)(=O)c3ccccc3)C(=O)c3ccccc32)c1. The first kappa shape index (κ1) is 23.1. The van der Waals surface area contributed by atoms with Gasteiger partial charge >= 0.3 is 5.97 Å². The number of ketones is 1. The number of Topliss-reactive ketones (excluding diaryl/α,β-unsaturated/α-hetero) is 1. The second kappa shape index (κ2) is 8.69. The smallest absolute Gasteiger partial charge is 0.335 e. The Balaban J connectivity index is 1.82. The molecule has 11 heteroatoms. The summed E-state index contributed by atoms with van der Waals surface area (Å²) in [4.78, 5) is 23.7. The van der Waals surface area contributed by atoms with Crippen LogP contribution in [0.4, 0.5) is 0 Å². The van der Waals surface area contributed by atoms with Gasteiger partial charge in [-0.1, -0.05) is 48.5 Å². The molecule has 0 atom stereocenters. The number of sulfonamides is 2. The molecule has 0 fully saturated rings. The Labute approximate surface area is 195 Å². The summed E-state index contributed by atoms with van der Waals surface area (Å²) >= 11 is 0. The highest BCUT2D eigenvalue weighted by atomic mass is 32.2. The molecule has 4 rings (SSSR count). The van der Waals surface area contributed by atoms with E-state index in [-0.39, 0.29) is 37.9 Å². The first-order chi connectivity index (χ1) is 16.1. The average Bonchev–Trinajstić information content (AvgIpc) is 2.82. The maximum atomic E-state index is 13.0. The number of hydrogen-bond donors (Lipinski definition) is 2. The Bertz CT molecular complexity index is 1590. The topological polar surface area (TPSA) is 147 Å². The van der Waals surface area contributed by atoms with E-state index >= 15 is 0 Å². The van der Waals surface area contributed by atoms with Crippen molar-refractivity contribution in [2.75, 3.05) is 0 Å². The van der Waals surface area contributed by atoms with Crippen LogP contribution >= 0.6 is 0 Å². The van der Waals surface area contributed by atoms with E-state index in [2.05, 4.69) is 9.12 Å². The fourth-order valence-corrected chi connectivity index (χ4v) is 5.37. The zero-order valence-electron chi connectivity index (χ0n) is 17.2. The van der Waals surface area contributed by atoms with Crippen LogP contribution in [0.5, 0.6) is 0 Å². The van der Waals surface area contributed by atoms with Crippen molar-refractivity contribution < 1.29 is 31.5 Å². The summed E-state index contributed by atoms with van der Waals surface area (Å²) in [5.74, 6) is -1.96. The monoisotopic (exact) mass is 496 g/mol. The van der Waals surface area contributed by atoms with Crippen LogP contribution in [0.3, 0.4) is 0 Å². The van der Waals surface area contributed by atoms with Gasteiger partial charge in [-0.15, -0.1) is 0 Å². The first-order valence-electron chi connectivity index (χ1n) is 9.70. The second-order valence-corrected chi connectivity index (χ2v) is 10.4. The Kier molecular flexibility index (Phi) is 5.90. The van der Waals surface area contributed by atoms with E-state index in [0.717, 1.165) is 12.1 Å². The molecule has 9 nitrogen and oxygen atoms in total. The van der Waals surface area contributed by atoms with Gasteiger partial charge in [-0.05, 0) is 36.4 Å². The zero-order valence-corrected chi connectivity index (χ0v) is 18.9. The molecule has 0 aromatic heterocycles. The molecule has 34 heavy (non-hydrogen) atoms. The van der Waals surface area contributed by atoms with Gasteiger partial charge in [-0.2, -0.15) is 12.8 Å². The Morgan fingerprint density at radius 2 is 1.41 bits per heavy atom. The Morgan fingerprint density at radius 1 is 0.794 bits per heavy atom. The van der Waals surface area contributed by atoms with Crippen LogP contribution in [0.2, 0.25) is 0 Å². The molecule has 3 aromatic carbocycles. The summed E-state index contributed by atoms with van der Waals surface area (Å²) in [7, 11) is -8.54. The lowest BCUT2D eigenvalue weighted by molar-refractivity contribution is 0.0696. The molecular weight excluding hydrogens is 480 g/mol. The van der Waals surface area contributed by atoms with Gasteiger partial charge in [0.2, 0.25) is 5.78 Å². The average molecular weight is 497 g/mol. The summed E-state index contributed by atoms with van der Waals surface area (Å²) in [6.45, 7) is 0. The van der Waals surface area contributed by atoms with E-state index in [4.69, 9.17) is 5.11 Å². The fourth-order valence-electron chi connectivity index (χ4n) is 3.26. The number of rotatable bonds is 6. The maximum absolute atomic E-state index is 13.0. The predicted octanol–water partition coefficient (Wildman–Crippen LogP) is 2.62. The van der Waals surface area contributed by atoms with Crippen molar-refractivity contribution in [2.24, 2.45) is 4.40 Å². The maximum Gasteiger partial charge on any atom is 0.335 e. The zero-order chi connectivity index (χ0) is 24.5. The van der Waals surface area contributed by atoms with Crippen molar-refractivity contribution >= 4 is 37.5 Å². The standard InChI is InChI=1S/C23H16N2O7S2/c26-22-19-12-5-4-11-18(19)20(14-21(22)25-33(29,30)16-8-2-1-3-9-16)24-34(31,32)17-10-6-7-15(13-17)23(27)28/h1-14,25H,(H,27,28). The van der Waals surface area contributed by atoms with Crippen LogP contribution in [-0.2, 0) is 20.0 Å². The van der Waals surface area contributed by atoms with Gasteiger partial charge in [-0.25, -0.2) is 13.2 Å². The number of carboxylic acid groups (broad SMARTS) is 1. The molecule has 0 saturated carbocycles. The van der Waals surface area contributed by atoms with Gasteiger partial charge in [0.1, 0.15) is 0 Å². The lowest BCUT2D eigenvalue weighted by atomic mass is 9.93. The number of fused-ring (bicyclic) bond motifs is 1. The van der Waals surface area contributed by atoms with Crippen molar-refractivity contribution in [1.82, 2.24) is 4.72 Å². The van der Waals surface area contributed by atoms with Crippen LogP contribution in [0, 0.1) is 0 Å². The van der Waals surface area contributed by atoms with Crippen molar-refractivity contribution in [2.45, 2.75) is 9.79 Å². The van der Waals surface area contributed by atoms with Crippen molar-refractivity contribution in [3.8, 4) is 0 Å². The number of carboxylic acids is 1. The van der Waals surface area contributed by atoms with Crippen molar-refractivity contribution in [3.63, 3.8) is 0 Å². The molecule has 3 aromatic rings. The molecule has 0 amide bonds. The number of nitrogens with zero attached hydrogens (tertiary/aromatic N) is 1. The van der Waals surface area contributed by atoms with E-state index in [1.807, 2.05) is 0 Å². The van der Waals surface area contributed by atoms with E-state index < -0.39 is 31.8 Å². The minimum atomic E-state index is -4.40. The number of nitrogens with one attached hydrogen (secondary N) is 1. The fraction of sp³-hybridized carbons (Fsp3) is 0. The number of carbonyl (C=O) groups is 2. The van der Waals surface area contributed by atoms with Crippen LogP contribution < -0.4 is 4.72 Å². The Morgan fingerprint density at radius 3 is 2.09 bits per heavy atom. The van der Waals surface area contributed by atoms with Crippen LogP contribution in [0.1, 0.15) is 26.3 Å². The number of carbonyl (C=O) groups excluding carboxylic acids is 1. The van der Waals surface area contributed by atoms with Gasteiger partial charge in [0.05, 0.1) is 26.8 Å². The van der Waals surface area contributed by atoms with Gasteiger partial charge in [-0.3, -0.25) is 9.52 Å². The number of aromatic carboxylic acids is 1. The highest BCUT2D eigenvalue weighted by molar-refractivity contribution is 7.90. The third-order valence-electron chi connectivity index (χ3n) is 4.87. The van der Waals surface area contributed by atoms with Crippen molar-refractivity contribution in [3.05, 3.63) is 107 Å². The quantitative estimate of drug-likeness (QED) is 0.533. The van der Waals surface area contributed by atoms with Gasteiger partial charge in [0.25, 0.3) is 20.0 Å². The van der Waals surface area contributed by atoms with Crippen LogP contribution in [0.25, 0.3) is 0 Å². The Hall–Kier alpha value is -4.09. The number of benzene rings is 3. The van der Waals surface area contributed by atoms with E-state index in [1.165, 1.54) is 54.6 Å². The molecule has 0 saturated heterocycles. The third kappa shape index (κ3) is 4.51. The highest BCUT2D eigenvalue weighted by Crippen LogP contribution is 2.24. The normalized spacial score (nSPS) is 14.9. The van der Waals surface area contributed by atoms with E-state index in [0.29, 0.717) is 0 Å². The molecule has 1 aliphatic rings. The lowest BCUT2D eigenvalue weighted by Crippen LogP contribution is -2.31. The number of allylic oxidation sites excluding steroid dienone is 2. The molecule has 0 aliphatic heterocycles. The molecule has 0 bridgehead atoms. The molecule has 172 valence electrons. The molecular formula is C23H16N2O7S2. The van der Waals surface area contributed by atoms with E-state index in [1.54, 1.807) is 18.2 Å². The summed E-state index contributed by atoms with van der Waals surface area (Å²) in [6, 6.07) is 18.1. The van der Waals surface area contributed by atoms with Crippen molar-refractivity contribution in [1.29, 1.82) is 0 Å². The minimum absolute atomic E-state index is 0.0593. The highest BCUT2D eigenvalue weighted by Gasteiger charge is 2.29. The molecule has 2 N–H and O–H groups in total. The molecule has 1 aliphatic carbocycles. The largest absolute Gasteiger partial charge is 0.478 e. The predicted molar refractivity (Wildman–Crippen MR) is 123 cm³/mol. The van der Waals surface area contributed by atoms with Gasteiger partial charge in [0.15, 0.2) is 0 Å². The van der Waals surface area contributed by atoms with Crippen LogP contribution in [-0.4, -0.2) is 39.4 Å². The minimum Gasteiger partial charge on any atom is -0.478 e. The van der Waals surface area contributed by atoms with E-state index in [9.17, 15) is 26.4 Å². The number of hydrogen-bond acceptors (Lipinski definition) is 6. The summed E-state index contributed by atoms with van der Waals surface area (Å²) in [5, 5.41) is 9.15. The molecule has 0 unspecified atom stereocenters. The molecule has 0 radical (unpaired) electrons. The molecule has 0 spiro atoms. The van der Waals surface area contributed by atoms with Gasteiger partial charge in [0, 0.05) is 11.1 Å². The lowest BCUT2D eigenvalue weighted by Gasteiger charge is -2.18.